The second-order valence-electron chi connectivity index (χ2n) is 3.82. The van der Waals surface area contributed by atoms with Gasteiger partial charge in [0, 0.05) is 18.1 Å². The molecule has 0 saturated carbocycles. The maximum absolute atomic E-state index is 11.9. The van der Waals surface area contributed by atoms with E-state index in [9.17, 15) is 4.79 Å². The second kappa shape index (κ2) is 5.67. The molecule has 6 heteroatoms. The average Bonchev–Trinajstić information content (AvgIpc) is 2.39. The molecule has 19 heavy (non-hydrogen) atoms. The third-order valence-corrected chi connectivity index (χ3v) is 2.75. The van der Waals surface area contributed by atoms with Crippen molar-refractivity contribution in [3.8, 4) is 5.75 Å². The van der Waals surface area contributed by atoms with Crippen molar-refractivity contribution in [2.75, 3.05) is 12.4 Å². The minimum Gasteiger partial charge on any atom is -0.495 e. The molecule has 1 aromatic heterocycles. The van der Waals surface area contributed by atoms with E-state index >= 15 is 0 Å². The minimum atomic E-state index is -0.291. The van der Waals surface area contributed by atoms with Crippen LogP contribution in [0.4, 0.5) is 5.69 Å². The number of aryl methyl sites for hydroxylation is 1. The summed E-state index contributed by atoms with van der Waals surface area (Å²) in [6.07, 6.45) is 2.95. The van der Waals surface area contributed by atoms with Gasteiger partial charge in [-0.1, -0.05) is 11.6 Å². The van der Waals surface area contributed by atoms with E-state index in [1.807, 2.05) is 0 Å². The number of methoxy groups -OCH3 is 1. The molecule has 2 rings (SSSR count). The van der Waals surface area contributed by atoms with Gasteiger partial charge in [0.15, 0.2) is 0 Å². The largest absolute Gasteiger partial charge is 0.495 e. The van der Waals surface area contributed by atoms with Crippen LogP contribution in [-0.4, -0.2) is 23.0 Å². The number of benzene rings is 1. The zero-order chi connectivity index (χ0) is 13.8. The molecule has 98 valence electrons. The smallest absolute Gasteiger partial charge is 0.258 e. The van der Waals surface area contributed by atoms with Crippen LogP contribution in [0.1, 0.15) is 16.2 Å². The number of rotatable bonds is 3. The summed E-state index contributed by atoms with van der Waals surface area (Å²) in [6.45, 7) is 1.75. The molecule has 0 saturated heterocycles. The van der Waals surface area contributed by atoms with Gasteiger partial charge >= 0.3 is 0 Å². The van der Waals surface area contributed by atoms with Gasteiger partial charge in [0.1, 0.15) is 11.6 Å². The van der Waals surface area contributed by atoms with Gasteiger partial charge in [-0.15, -0.1) is 0 Å². The highest BCUT2D eigenvalue weighted by Gasteiger charge is 2.08. The van der Waals surface area contributed by atoms with Crippen LogP contribution in [0, 0.1) is 6.92 Å². The van der Waals surface area contributed by atoms with Crippen LogP contribution >= 0.6 is 11.6 Å². The van der Waals surface area contributed by atoms with Crippen molar-refractivity contribution in [3.05, 3.63) is 47.0 Å². The number of nitrogens with one attached hydrogen (secondary N) is 1. The molecule has 0 fully saturated rings. The molecule has 0 aliphatic carbocycles. The van der Waals surface area contributed by atoms with Crippen LogP contribution in [0.5, 0.6) is 5.75 Å². The van der Waals surface area contributed by atoms with Gasteiger partial charge in [0.2, 0.25) is 0 Å². The van der Waals surface area contributed by atoms with Crippen LogP contribution in [0.2, 0.25) is 5.02 Å². The van der Waals surface area contributed by atoms with Crippen LogP contribution in [0.15, 0.2) is 30.6 Å². The van der Waals surface area contributed by atoms with Crippen LogP contribution in [-0.2, 0) is 0 Å². The monoisotopic (exact) mass is 277 g/mol. The van der Waals surface area contributed by atoms with Crippen molar-refractivity contribution in [2.24, 2.45) is 0 Å². The van der Waals surface area contributed by atoms with E-state index in [-0.39, 0.29) is 5.91 Å². The molecule has 0 atom stereocenters. The summed E-state index contributed by atoms with van der Waals surface area (Å²) in [4.78, 5) is 19.9. The number of ether oxygens (including phenoxy) is 1. The minimum absolute atomic E-state index is 0.291. The molecular formula is C13H12ClN3O2. The van der Waals surface area contributed by atoms with Gasteiger partial charge in [0.25, 0.3) is 5.91 Å². The lowest BCUT2D eigenvalue weighted by Gasteiger charge is -2.07. The van der Waals surface area contributed by atoms with Gasteiger partial charge in [0.05, 0.1) is 17.7 Å². The predicted molar refractivity (Wildman–Crippen MR) is 72.7 cm³/mol. The summed E-state index contributed by atoms with van der Waals surface area (Å²) in [5.41, 5.74) is 0.967. The number of hydrogen-bond acceptors (Lipinski definition) is 4. The molecule has 0 radical (unpaired) electrons. The van der Waals surface area contributed by atoms with Crippen molar-refractivity contribution in [1.82, 2.24) is 9.97 Å². The first kappa shape index (κ1) is 13.3. The van der Waals surface area contributed by atoms with E-state index in [1.165, 1.54) is 19.5 Å². The van der Waals surface area contributed by atoms with Gasteiger partial charge in [-0.25, -0.2) is 9.97 Å². The van der Waals surface area contributed by atoms with Crippen LogP contribution < -0.4 is 10.1 Å². The normalized spacial score (nSPS) is 10.1. The Labute approximate surface area is 115 Å². The van der Waals surface area contributed by atoms with Crippen molar-refractivity contribution in [1.29, 1.82) is 0 Å². The SMILES string of the molecule is COc1ccc(NC(=O)c2cnc(C)nc2)cc1Cl. The van der Waals surface area contributed by atoms with Crippen molar-refractivity contribution in [2.45, 2.75) is 6.92 Å². The number of anilines is 1. The van der Waals surface area contributed by atoms with Crippen molar-refractivity contribution < 1.29 is 9.53 Å². The predicted octanol–water partition coefficient (Wildman–Crippen LogP) is 2.70. The molecule has 1 amide bonds. The molecule has 0 aliphatic heterocycles. The lowest BCUT2D eigenvalue weighted by atomic mass is 10.2. The van der Waals surface area contributed by atoms with Gasteiger partial charge in [-0.05, 0) is 25.1 Å². The number of halogens is 1. The molecule has 0 unspecified atom stereocenters. The molecule has 0 aliphatic rings. The second-order valence-corrected chi connectivity index (χ2v) is 4.23. The van der Waals surface area contributed by atoms with Gasteiger partial charge in [-0.3, -0.25) is 4.79 Å². The quantitative estimate of drug-likeness (QED) is 0.937. The summed E-state index contributed by atoms with van der Waals surface area (Å²) in [5.74, 6) is 0.878. The maximum atomic E-state index is 11.9. The zero-order valence-corrected chi connectivity index (χ0v) is 11.2. The Morgan fingerprint density at radius 1 is 1.32 bits per heavy atom. The van der Waals surface area contributed by atoms with Crippen LogP contribution in [0.25, 0.3) is 0 Å². The number of amides is 1. The number of aromatic nitrogens is 2. The molecule has 1 heterocycles. The highest BCUT2D eigenvalue weighted by Crippen LogP contribution is 2.27. The molecule has 1 N–H and O–H groups in total. The Morgan fingerprint density at radius 3 is 2.58 bits per heavy atom. The molecule has 1 aromatic carbocycles. The summed E-state index contributed by atoms with van der Waals surface area (Å²) in [6, 6.07) is 5.01. The van der Waals surface area contributed by atoms with E-state index in [1.54, 1.807) is 25.1 Å². The van der Waals surface area contributed by atoms with Gasteiger partial charge in [-0.2, -0.15) is 0 Å². The third-order valence-electron chi connectivity index (χ3n) is 2.45. The first-order valence-electron chi connectivity index (χ1n) is 5.53. The van der Waals surface area contributed by atoms with Crippen molar-refractivity contribution >= 4 is 23.2 Å². The molecule has 0 spiro atoms. The highest BCUT2D eigenvalue weighted by atomic mass is 35.5. The lowest BCUT2D eigenvalue weighted by Crippen LogP contribution is -2.12. The maximum Gasteiger partial charge on any atom is 0.258 e. The molecular weight excluding hydrogens is 266 g/mol. The topological polar surface area (TPSA) is 64.1 Å². The summed E-state index contributed by atoms with van der Waals surface area (Å²) in [7, 11) is 1.53. The standard InChI is InChI=1S/C13H12ClN3O2/c1-8-15-6-9(7-16-8)13(18)17-10-3-4-12(19-2)11(14)5-10/h3-7H,1-2H3,(H,17,18). The number of carbonyl (C=O) groups excluding carboxylic acids is 1. The molecule has 5 nitrogen and oxygen atoms in total. The number of nitrogens with zero attached hydrogens (tertiary/aromatic N) is 2. The highest BCUT2D eigenvalue weighted by molar-refractivity contribution is 6.32. The first-order valence-corrected chi connectivity index (χ1v) is 5.91. The Kier molecular flexibility index (Phi) is 3.97. The molecule has 2 aromatic rings. The van der Waals surface area contributed by atoms with E-state index in [4.69, 9.17) is 16.3 Å². The Hall–Kier alpha value is -2.14. The first-order chi connectivity index (χ1) is 9.10. The Morgan fingerprint density at radius 2 is 2.00 bits per heavy atom. The fraction of sp³-hybridized carbons (Fsp3) is 0.154. The van der Waals surface area contributed by atoms with E-state index in [0.717, 1.165) is 0 Å². The summed E-state index contributed by atoms with van der Waals surface area (Å²) < 4.78 is 5.04. The van der Waals surface area contributed by atoms with Crippen molar-refractivity contribution in [3.63, 3.8) is 0 Å². The number of hydrogen-bond donors (Lipinski definition) is 1. The lowest BCUT2D eigenvalue weighted by molar-refractivity contribution is 0.102. The van der Waals surface area contributed by atoms with E-state index in [0.29, 0.717) is 27.8 Å². The van der Waals surface area contributed by atoms with E-state index in [2.05, 4.69) is 15.3 Å². The Bertz CT molecular complexity index is 599. The summed E-state index contributed by atoms with van der Waals surface area (Å²) in [5, 5.41) is 3.14. The van der Waals surface area contributed by atoms with Gasteiger partial charge < -0.3 is 10.1 Å². The average molecular weight is 278 g/mol. The summed E-state index contributed by atoms with van der Waals surface area (Å²) >= 11 is 5.98. The van der Waals surface area contributed by atoms with E-state index < -0.39 is 0 Å². The fourth-order valence-electron chi connectivity index (χ4n) is 1.46. The zero-order valence-electron chi connectivity index (χ0n) is 10.5. The third kappa shape index (κ3) is 3.20. The van der Waals surface area contributed by atoms with Crippen LogP contribution in [0.3, 0.4) is 0 Å². The molecule has 0 bridgehead atoms. The Balaban J connectivity index is 2.14. The number of carbonyl (C=O) groups is 1. The fourth-order valence-corrected chi connectivity index (χ4v) is 1.71.